The maximum atomic E-state index is 12.5. The number of nitro groups is 1. The summed E-state index contributed by atoms with van der Waals surface area (Å²) in [4.78, 5) is 39.4. The molecule has 0 spiro atoms. The number of hydrogen-bond acceptors (Lipinski definition) is 6. The maximum Gasteiger partial charge on any atom is 0.269 e. The number of piperazine rings is 1. The van der Waals surface area contributed by atoms with Crippen LogP contribution in [0, 0.1) is 23.0 Å². The van der Waals surface area contributed by atoms with E-state index in [0.717, 1.165) is 11.3 Å². The Hall–Kier alpha value is -4.11. The van der Waals surface area contributed by atoms with E-state index < -0.39 is 4.92 Å². The second kappa shape index (κ2) is 12.2. The Morgan fingerprint density at radius 1 is 1.10 bits per heavy atom. The van der Waals surface area contributed by atoms with E-state index in [1.807, 2.05) is 24.8 Å². The molecule has 4 rings (SSSR count). The van der Waals surface area contributed by atoms with E-state index in [-0.39, 0.29) is 17.5 Å². The molecular weight excluding hydrogens is 520 g/mol. The van der Waals surface area contributed by atoms with Crippen LogP contribution in [0.1, 0.15) is 31.6 Å². The van der Waals surface area contributed by atoms with Gasteiger partial charge in [0.2, 0.25) is 11.8 Å². The number of non-ortho nitro benzene ring substituents is 1. The topological polar surface area (TPSA) is 109 Å². The Morgan fingerprint density at radius 2 is 1.85 bits per heavy atom. The van der Waals surface area contributed by atoms with Crippen molar-refractivity contribution in [3.63, 3.8) is 0 Å². The maximum absolute atomic E-state index is 12.5. The zero-order valence-corrected chi connectivity index (χ0v) is 22.9. The molecule has 10 heteroatoms. The Bertz CT molecular complexity index is 1410. The number of anilines is 2. The third kappa shape index (κ3) is 7.06. The van der Waals surface area contributed by atoms with E-state index in [1.54, 1.807) is 43.3 Å². The van der Waals surface area contributed by atoms with Crippen molar-refractivity contribution in [3.8, 4) is 11.3 Å². The molecule has 0 bridgehead atoms. The van der Waals surface area contributed by atoms with Crippen molar-refractivity contribution >= 4 is 46.6 Å². The lowest BCUT2D eigenvalue weighted by atomic mass is 10.1. The molecule has 2 heterocycles. The van der Waals surface area contributed by atoms with Crippen LogP contribution in [0.5, 0.6) is 0 Å². The molecule has 1 saturated heterocycles. The first-order valence-corrected chi connectivity index (χ1v) is 13.1. The second-order valence-electron chi connectivity index (χ2n) is 9.91. The molecule has 1 N–H and O–H groups in total. The van der Waals surface area contributed by atoms with Crippen molar-refractivity contribution in [2.45, 2.75) is 27.2 Å². The zero-order chi connectivity index (χ0) is 28.1. The molecule has 2 aromatic carbocycles. The molecule has 0 atom stereocenters. The molecule has 2 amide bonds. The van der Waals surface area contributed by atoms with Gasteiger partial charge in [0.1, 0.15) is 11.5 Å². The first kappa shape index (κ1) is 27.9. The summed E-state index contributed by atoms with van der Waals surface area (Å²) in [7, 11) is 0. The predicted molar refractivity (Wildman–Crippen MR) is 153 cm³/mol. The summed E-state index contributed by atoms with van der Waals surface area (Å²) < 4.78 is 5.81. The van der Waals surface area contributed by atoms with Gasteiger partial charge >= 0.3 is 0 Å². The Morgan fingerprint density at radius 3 is 2.49 bits per heavy atom. The quantitative estimate of drug-likeness (QED) is 0.204. The first-order chi connectivity index (χ1) is 18.6. The molecule has 1 aliphatic heterocycles. The molecule has 39 heavy (non-hydrogen) atoms. The van der Waals surface area contributed by atoms with E-state index in [2.05, 4.69) is 10.2 Å². The Kier molecular flexibility index (Phi) is 8.71. The van der Waals surface area contributed by atoms with Crippen LogP contribution in [0.4, 0.5) is 17.1 Å². The fourth-order valence-electron chi connectivity index (χ4n) is 4.48. The first-order valence-electron chi connectivity index (χ1n) is 12.8. The Balaban J connectivity index is 1.33. The number of rotatable bonds is 8. The SMILES string of the molecule is Cc1cc([N+](=O)[O-])ccc1-c1ccc(/C=C/C(=O)Nc2ccc(N3CCN(C(=O)CC(C)C)CC3)c(Cl)c2)o1. The predicted octanol–water partition coefficient (Wildman–Crippen LogP) is 6.16. The van der Waals surface area contributed by atoms with E-state index in [1.165, 1.54) is 18.2 Å². The van der Waals surface area contributed by atoms with Crippen molar-refractivity contribution in [2.75, 3.05) is 36.4 Å². The number of furan rings is 1. The number of aryl methyl sites for hydroxylation is 1. The number of halogens is 1. The van der Waals surface area contributed by atoms with Crippen LogP contribution in [0.2, 0.25) is 5.02 Å². The molecule has 0 unspecified atom stereocenters. The molecule has 9 nitrogen and oxygen atoms in total. The zero-order valence-electron chi connectivity index (χ0n) is 22.1. The normalized spacial score (nSPS) is 13.8. The molecular formula is C29H31ClN4O5. The standard InChI is InChI=1S/C29H31ClN4O5/c1-19(2)16-29(36)33-14-12-32(13-15-33)26-9-4-21(18-25(26)30)31-28(35)11-7-23-6-10-27(39-23)24-8-5-22(34(37)38)17-20(24)3/h4-11,17-19H,12-16H2,1-3H3,(H,31,35)/b11-7+. The number of carbonyl (C=O) groups is 2. The van der Waals surface area contributed by atoms with Crippen LogP contribution in [-0.4, -0.2) is 47.8 Å². The molecule has 204 valence electrons. The second-order valence-corrected chi connectivity index (χ2v) is 10.3. The van der Waals surface area contributed by atoms with Gasteiger partial charge in [-0.1, -0.05) is 25.4 Å². The van der Waals surface area contributed by atoms with Gasteiger partial charge in [0.05, 0.1) is 15.6 Å². The summed E-state index contributed by atoms with van der Waals surface area (Å²) >= 11 is 6.54. The lowest BCUT2D eigenvalue weighted by molar-refractivity contribution is -0.384. The van der Waals surface area contributed by atoms with Gasteiger partial charge in [-0.25, -0.2) is 0 Å². The minimum absolute atomic E-state index is 0.0175. The van der Waals surface area contributed by atoms with Crippen LogP contribution in [-0.2, 0) is 9.59 Å². The molecule has 1 fully saturated rings. The lowest BCUT2D eigenvalue weighted by Gasteiger charge is -2.36. The molecule has 0 saturated carbocycles. The van der Waals surface area contributed by atoms with Gasteiger partial charge in [0.25, 0.3) is 5.69 Å². The third-order valence-electron chi connectivity index (χ3n) is 6.48. The summed E-state index contributed by atoms with van der Waals surface area (Å²) in [5.74, 6) is 1.20. The van der Waals surface area contributed by atoms with Gasteiger partial charge in [0.15, 0.2) is 0 Å². The number of nitrogens with zero attached hydrogens (tertiary/aromatic N) is 3. The van der Waals surface area contributed by atoms with Crippen molar-refractivity contribution in [2.24, 2.45) is 5.92 Å². The average molecular weight is 551 g/mol. The fourth-order valence-corrected chi connectivity index (χ4v) is 4.78. The van der Waals surface area contributed by atoms with Gasteiger partial charge in [-0.05, 0) is 60.9 Å². The number of hydrogen-bond donors (Lipinski definition) is 1. The van der Waals surface area contributed by atoms with E-state index in [4.69, 9.17) is 16.0 Å². The van der Waals surface area contributed by atoms with Crippen LogP contribution in [0.3, 0.4) is 0 Å². The highest BCUT2D eigenvalue weighted by molar-refractivity contribution is 6.33. The minimum atomic E-state index is -0.439. The summed E-state index contributed by atoms with van der Waals surface area (Å²) in [5.41, 5.74) is 2.90. The number of nitro benzene ring substituents is 1. The van der Waals surface area contributed by atoms with Gasteiger partial charge in [-0.2, -0.15) is 0 Å². The number of amides is 2. The van der Waals surface area contributed by atoms with Gasteiger partial charge < -0.3 is 19.5 Å². The van der Waals surface area contributed by atoms with E-state index in [0.29, 0.717) is 66.3 Å². The minimum Gasteiger partial charge on any atom is -0.457 e. The van der Waals surface area contributed by atoms with Crippen LogP contribution in [0.25, 0.3) is 17.4 Å². The molecule has 0 aliphatic carbocycles. The molecule has 1 aliphatic rings. The van der Waals surface area contributed by atoms with Crippen molar-refractivity contribution in [3.05, 3.63) is 81.1 Å². The summed E-state index contributed by atoms with van der Waals surface area (Å²) in [6.07, 6.45) is 3.47. The van der Waals surface area contributed by atoms with Gasteiger partial charge in [0, 0.05) is 62.1 Å². The largest absolute Gasteiger partial charge is 0.457 e. The molecule has 1 aromatic heterocycles. The van der Waals surface area contributed by atoms with Crippen LogP contribution < -0.4 is 10.2 Å². The van der Waals surface area contributed by atoms with Crippen LogP contribution in [0.15, 0.2) is 59.0 Å². The molecule has 3 aromatic rings. The summed E-state index contributed by atoms with van der Waals surface area (Å²) in [6, 6.07) is 13.4. The van der Waals surface area contributed by atoms with E-state index >= 15 is 0 Å². The number of benzene rings is 2. The van der Waals surface area contributed by atoms with Crippen molar-refractivity contribution in [1.29, 1.82) is 0 Å². The highest BCUT2D eigenvalue weighted by Crippen LogP contribution is 2.31. The Labute approximate surface area is 232 Å². The third-order valence-corrected chi connectivity index (χ3v) is 6.79. The number of carbonyl (C=O) groups excluding carboxylic acids is 2. The highest BCUT2D eigenvalue weighted by Gasteiger charge is 2.23. The number of nitrogens with one attached hydrogen (secondary N) is 1. The van der Waals surface area contributed by atoms with Crippen molar-refractivity contribution < 1.29 is 18.9 Å². The van der Waals surface area contributed by atoms with Crippen molar-refractivity contribution in [1.82, 2.24) is 4.90 Å². The van der Waals surface area contributed by atoms with E-state index in [9.17, 15) is 19.7 Å². The summed E-state index contributed by atoms with van der Waals surface area (Å²) in [5, 5.41) is 14.3. The fraction of sp³-hybridized carbons (Fsp3) is 0.310. The van der Waals surface area contributed by atoms with Gasteiger partial charge in [-0.3, -0.25) is 19.7 Å². The monoisotopic (exact) mass is 550 g/mol. The average Bonchev–Trinajstić information content (AvgIpc) is 3.36. The lowest BCUT2D eigenvalue weighted by Crippen LogP contribution is -2.49. The van der Waals surface area contributed by atoms with Crippen LogP contribution >= 0.6 is 11.6 Å². The molecule has 0 radical (unpaired) electrons. The highest BCUT2D eigenvalue weighted by atomic mass is 35.5. The summed E-state index contributed by atoms with van der Waals surface area (Å²) in [6.45, 7) is 8.57. The smallest absolute Gasteiger partial charge is 0.269 e. The van der Waals surface area contributed by atoms with Gasteiger partial charge in [-0.15, -0.1) is 0 Å².